The molecule has 2 rings (SSSR count). The summed E-state index contributed by atoms with van der Waals surface area (Å²) in [6.07, 6.45) is 5.64. The van der Waals surface area contributed by atoms with Gasteiger partial charge < -0.3 is 9.47 Å². The fourth-order valence-corrected chi connectivity index (χ4v) is 2.36. The molecule has 1 aromatic carbocycles. The van der Waals surface area contributed by atoms with E-state index >= 15 is 0 Å². The van der Waals surface area contributed by atoms with E-state index in [9.17, 15) is 0 Å². The lowest BCUT2D eigenvalue weighted by atomic mass is 10.1. The van der Waals surface area contributed by atoms with Crippen LogP contribution in [-0.2, 0) is 4.74 Å². The average Bonchev–Trinajstić information content (AvgIpc) is 2.98. The van der Waals surface area contributed by atoms with Gasteiger partial charge in [0.05, 0.1) is 18.3 Å². The standard InChI is InChI=1S/C17H21ClO2/c18-12-4-3-8-15-7-1-2-11-17(15)20-14-6-10-16-9-5-13-19-16/h1-2,7,11,16H,4-6,9-10,12-14H2. The highest BCUT2D eigenvalue weighted by molar-refractivity contribution is 6.18. The van der Waals surface area contributed by atoms with Crippen molar-refractivity contribution in [3.63, 3.8) is 0 Å². The van der Waals surface area contributed by atoms with Crippen LogP contribution in [-0.4, -0.2) is 25.2 Å². The number of benzene rings is 1. The number of halogens is 1. The van der Waals surface area contributed by atoms with Crippen LogP contribution in [0.15, 0.2) is 24.3 Å². The summed E-state index contributed by atoms with van der Waals surface area (Å²) in [7, 11) is 0. The summed E-state index contributed by atoms with van der Waals surface area (Å²) >= 11 is 5.63. The smallest absolute Gasteiger partial charge is 0.134 e. The van der Waals surface area contributed by atoms with E-state index in [1.807, 2.05) is 24.3 Å². The van der Waals surface area contributed by atoms with Gasteiger partial charge in [-0.05, 0) is 37.8 Å². The molecule has 1 fully saturated rings. The second-order valence-corrected chi connectivity index (χ2v) is 5.24. The van der Waals surface area contributed by atoms with E-state index in [1.165, 1.54) is 12.8 Å². The van der Waals surface area contributed by atoms with Crippen LogP contribution in [0.2, 0.25) is 0 Å². The maximum Gasteiger partial charge on any atom is 0.134 e. The molecule has 0 aliphatic carbocycles. The van der Waals surface area contributed by atoms with E-state index in [0.29, 0.717) is 25.0 Å². The lowest BCUT2D eigenvalue weighted by Gasteiger charge is -2.11. The Kier molecular flexibility index (Phi) is 6.77. The largest absolute Gasteiger partial charge is 0.492 e. The molecule has 1 aliphatic heterocycles. The summed E-state index contributed by atoms with van der Waals surface area (Å²) in [6.45, 7) is 1.64. The molecule has 3 heteroatoms. The van der Waals surface area contributed by atoms with Crippen molar-refractivity contribution >= 4 is 11.6 Å². The van der Waals surface area contributed by atoms with E-state index in [1.54, 1.807) is 0 Å². The predicted octanol–water partition coefficient (Wildman–Crippen LogP) is 4.01. The molecule has 0 saturated carbocycles. The highest BCUT2D eigenvalue weighted by Crippen LogP contribution is 2.19. The van der Waals surface area contributed by atoms with Gasteiger partial charge in [-0.15, -0.1) is 11.6 Å². The Morgan fingerprint density at radius 2 is 2.25 bits per heavy atom. The molecule has 108 valence electrons. The molecule has 0 amide bonds. The first-order chi connectivity index (χ1) is 9.90. The Bertz CT molecular complexity index is 456. The Hall–Kier alpha value is -1.17. The number of hydrogen-bond donors (Lipinski definition) is 0. The van der Waals surface area contributed by atoms with Crippen molar-refractivity contribution in [1.29, 1.82) is 0 Å². The zero-order chi connectivity index (χ0) is 14.0. The van der Waals surface area contributed by atoms with Crippen molar-refractivity contribution < 1.29 is 9.47 Å². The van der Waals surface area contributed by atoms with Crippen molar-refractivity contribution in [2.45, 2.75) is 38.2 Å². The molecule has 0 radical (unpaired) electrons. The molecule has 1 aromatic rings. The van der Waals surface area contributed by atoms with Gasteiger partial charge in [-0.2, -0.15) is 0 Å². The molecular weight excluding hydrogens is 272 g/mol. The molecule has 1 atom stereocenters. The van der Waals surface area contributed by atoms with Crippen LogP contribution >= 0.6 is 11.6 Å². The first-order valence-corrected chi connectivity index (χ1v) is 7.82. The van der Waals surface area contributed by atoms with Gasteiger partial charge in [0.25, 0.3) is 0 Å². The third-order valence-corrected chi connectivity index (χ3v) is 3.47. The first-order valence-electron chi connectivity index (χ1n) is 7.28. The lowest BCUT2D eigenvalue weighted by molar-refractivity contribution is 0.0981. The molecule has 1 saturated heterocycles. The van der Waals surface area contributed by atoms with Crippen LogP contribution in [0.5, 0.6) is 5.75 Å². The second-order valence-electron chi connectivity index (χ2n) is 4.86. The predicted molar refractivity (Wildman–Crippen MR) is 82.4 cm³/mol. The third kappa shape index (κ3) is 5.07. The third-order valence-electron chi connectivity index (χ3n) is 3.28. The minimum Gasteiger partial charge on any atom is -0.492 e. The molecule has 0 spiro atoms. The monoisotopic (exact) mass is 292 g/mol. The van der Waals surface area contributed by atoms with Crippen LogP contribution in [0.25, 0.3) is 0 Å². The van der Waals surface area contributed by atoms with Crippen molar-refractivity contribution in [2.24, 2.45) is 0 Å². The zero-order valence-corrected chi connectivity index (χ0v) is 12.5. The molecule has 0 N–H and O–H groups in total. The molecular formula is C17H21ClO2. The second kappa shape index (κ2) is 8.89. The lowest BCUT2D eigenvalue weighted by Crippen LogP contribution is -2.08. The fourth-order valence-electron chi connectivity index (χ4n) is 2.27. The summed E-state index contributed by atoms with van der Waals surface area (Å²) in [5, 5.41) is 0. The van der Waals surface area contributed by atoms with Crippen molar-refractivity contribution in [3.8, 4) is 17.6 Å². The van der Waals surface area contributed by atoms with Gasteiger partial charge in [0, 0.05) is 18.9 Å². The van der Waals surface area contributed by atoms with Crippen LogP contribution in [0.4, 0.5) is 0 Å². The molecule has 1 aliphatic rings. The molecule has 20 heavy (non-hydrogen) atoms. The number of hydrogen-bond acceptors (Lipinski definition) is 2. The van der Waals surface area contributed by atoms with Crippen molar-refractivity contribution in [3.05, 3.63) is 29.8 Å². The normalized spacial score (nSPS) is 17.6. The van der Waals surface area contributed by atoms with Gasteiger partial charge in [-0.1, -0.05) is 24.0 Å². The summed E-state index contributed by atoms with van der Waals surface area (Å²) < 4.78 is 11.4. The number of ether oxygens (including phenoxy) is 2. The quantitative estimate of drug-likeness (QED) is 0.448. The molecule has 2 nitrogen and oxygen atoms in total. The average molecular weight is 293 g/mol. The van der Waals surface area contributed by atoms with Gasteiger partial charge >= 0.3 is 0 Å². The van der Waals surface area contributed by atoms with Gasteiger partial charge in [0.2, 0.25) is 0 Å². The minimum atomic E-state index is 0.442. The van der Waals surface area contributed by atoms with E-state index in [4.69, 9.17) is 21.1 Å². The highest BCUT2D eigenvalue weighted by Gasteiger charge is 2.14. The Balaban J connectivity index is 1.78. The summed E-state index contributed by atoms with van der Waals surface area (Å²) in [5.74, 6) is 7.59. The summed E-state index contributed by atoms with van der Waals surface area (Å²) in [4.78, 5) is 0. The topological polar surface area (TPSA) is 18.5 Å². The first kappa shape index (κ1) is 15.2. The number of alkyl halides is 1. The van der Waals surface area contributed by atoms with E-state index < -0.39 is 0 Å². The number of para-hydroxylation sites is 1. The summed E-state index contributed by atoms with van der Waals surface area (Å²) in [5.41, 5.74) is 0.940. The van der Waals surface area contributed by atoms with Crippen LogP contribution < -0.4 is 4.74 Å². The minimum absolute atomic E-state index is 0.442. The van der Waals surface area contributed by atoms with E-state index in [0.717, 1.165) is 30.8 Å². The number of rotatable bonds is 6. The SMILES string of the molecule is ClCCC#Cc1ccccc1OCCCC1CCCO1. The Morgan fingerprint density at radius 3 is 3.05 bits per heavy atom. The van der Waals surface area contributed by atoms with Gasteiger partial charge in [0.1, 0.15) is 5.75 Å². The van der Waals surface area contributed by atoms with Crippen LogP contribution in [0, 0.1) is 11.8 Å². The van der Waals surface area contributed by atoms with Gasteiger partial charge in [-0.3, -0.25) is 0 Å². The maximum absolute atomic E-state index is 5.84. The van der Waals surface area contributed by atoms with Gasteiger partial charge in [-0.25, -0.2) is 0 Å². The highest BCUT2D eigenvalue weighted by atomic mass is 35.5. The van der Waals surface area contributed by atoms with Crippen molar-refractivity contribution in [2.75, 3.05) is 19.1 Å². The van der Waals surface area contributed by atoms with E-state index in [2.05, 4.69) is 11.8 Å². The molecule has 1 unspecified atom stereocenters. The Labute approximate surface area is 126 Å². The van der Waals surface area contributed by atoms with Crippen molar-refractivity contribution in [1.82, 2.24) is 0 Å². The van der Waals surface area contributed by atoms with Gasteiger partial charge in [0.15, 0.2) is 0 Å². The zero-order valence-electron chi connectivity index (χ0n) is 11.7. The Morgan fingerprint density at radius 1 is 1.35 bits per heavy atom. The molecule has 1 heterocycles. The molecule has 0 bridgehead atoms. The maximum atomic E-state index is 5.84. The van der Waals surface area contributed by atoms with Crippen LogP contribution in [0.3, 0.4) is 0 Å². The van der Waals surface area contributed by atoms with E-state index in [-0.39, 0.29) is 0 Å². The fraction of sp³-hybridized carbons (Fsp3) is 0.529. The molecule has 0 aromatic heterocycles. The van der Waals surface area contributed by atoms with Crippen LogP contribution in [0.1, 0.15) is 37.7 Å². The summed E-state index contributed by atoms with van der Waals surface area (Å²) in [6, 6.07) is 7.90.